The summed E-state index contributed by atoms with van der Waals surface area (Å²) >= 11 is 1.25. The van der Waals surface area contributed by atoms with E-state index in [9.17, 15) is 9.59 Å². The Bertz CT molecular complexity index is 1270. The topological polar surface area (TPSA) is 83.6 Å². The Hall–Kier alpha value is -3.91. The maximum Gasteiger partial charge on any atom is 0.331 e. The molecule has 0 saturated carbocycles. The van der Waals surface area contributed by atoms with Crippen molar-refractivity contribution in [3.63, 3.8) is 0 Å². The molecule has 2 aromatic heterocycles. The van der Waals surface area contributed by atoms with Crippen LogP contribution >= 0.6 is 11.3 Å². The lowest BCUT2D eigenvalue weighted by Gasteiger charge is -2.28. The number of pyridine rings is 1. The quantitative estimate of drug-likeness (QED) is 0.483. The van der Waals surface area contributed by atoms with Crippen LogP contribution in [-0.4, -0.2) is 24.0 Å². The number of aromatic nitrogens is 1. The highest BCUT2D eigenvalue weighted by Crippen LogP contribution is 2.45. The Morgan fingerprint density at radius 3 is 2.53 bits per heavy atom. The van der Waals surface area contributed by atoms with Crippen molar-refractivity contribution in [2.45, 2.75) is 0 Å². The molecule has 148 valence electrons. The summed E-state index contributed by atoms with van der Waals surface area (Å²) in [7, 11) is 1.56. The minimum Gasteiger partial charge on any atom is -0.457 e. The summed E-state index contributed by atoms with van der Waals surface area (Å²) < 4.78 is 5.83. The lowest BCUT2D eigenvalue weighted by atomic mass is 10.1. The van der Waals surface area contributed by atoms with Crippen LogP contribution < -0.4 is 20.3 Å². The molecule has 4 aromatic rings. The second-order valence-electron chi connectivity index (χ2n) is 6.57. The van der Waals surface area contributed by atoms with Gasteiger partial charge in [0.25, 0.3) is 5.91 Å². The molecule has 3 amide bonds. The average Bonchev–Trinajstić information content (AvgIpc) is 3.14. The number of urea groups is 1. The van der Waals surface area contributed by atoms with Gasteiger partial charge in [0.2, 0.25) is 0 Å². The molecule has 3 heterocycles. The third kappa shape index (κ3) is 2.94. The van der Waals surface area contributed by atoms with Gasteiger partial charge in [-0.1, -0.05) is 18.2 Å². The summed E-state index contributed by atoms with van der Waals surface area (Å²) in [6.07, 6.45) is 1.64. The summed E-state index contributed by atoms with van der Waals surface area (Å²) in [5.74, 6) is 1.15. The molecule has 0 unspecified atom stereocenters. The Kier molecular flexibility index (Phi) is 4.33. The van der Waals surface area contributed by atoms with E-state index in [1.807, 2.05) is 54.6 Å². The van der Waals surface area contributed by atoms with Crippen LogP contribution in [0.2, 0.25) is 0 Å². The van der Waals surface area contributed by atoms with Gasteiger partial charge >= 0.3 is 6.03 Å². The fourth-order valence-corrected chi connectivity index (χ4v) is 4.47. The van der Waals surface area contributed by atoms with Crippen molar-refractivity contribution < 1.29 is 14.3 Å². The number of para-hydroxylation sites is 1. The standard InChI is InChI=1S/C22H16N4O3S/c1-23-20(27)19-18-17-16(11-12-24-21(17)30-19)26(22(28)25-18)13-7-9-15(10-8-13)29-14-5-3-2-4-6-14/h2-12H,1H3,(H,23,27)(H,25,28). The number of carbonyl (C=O) groups excluding carboxylic acids is 2. The fraction of sp³-hybridized carbons (Fsp3) is 0.0455. The number of thiophene rings is 1. The Balaban J connectivity index is 1.54. The van der Waals surface area contributed by atoms with E-state index >= 15 is 0 Å². The predicted octanol–water partition coefficient (Wildman–Crippen LogP) is 5.13. The Morgan fingerprint density at radius 2 is 1.80 bits per heavy atom. The van der Waals surface area contributed by atoms with Gasteiger partial charge in [-0.3, -0.25) is 9.69 Å². The maximum absolute atomic E-state index is 13.0. The number of hydrogen-bond donors (Lipinski definition) is 2. The Morgan fingerprint density at radius 1 is 1.07 bits per heavy atom. The lowest BCUT2D eigenvalue weighted by molar-refractivity contribution is 0.0968. The lowest BCUT2D eigenvalue weighted by Crippen LogP contribution is -2.34. The van der Waals surface area contributed by atoms with Crippen LogP contribution in [0.1, 0.15) is 9.67 Å². The van der Waals surface area contributed by atoms with Crippen molar-refractivity contribution in [2.24, 2.45) is 0 Å². The number of hydrogen-bond acceptors (Lipinski definition) is 5. The van der Waals surface area contributed by atoms with Gasteiger partial charge in [0.05, 0.1) is 22.4 Å². The summed E-state index contributed by atoms with van der Waals surface area (Å²) in [5.41, 5.74) is 1.86. The normalized spacial score (nSPS) is 12.6. The zero-order chi connectivity index (χ0) is 20.7. The van der Waals surface area contributed by atoms with Crippen LogP contribution in [0.25, 0.3) is 10.2 Å². The van der Waals surface area contributed by atoms with Gasteiger partial charge in [-0.25, -0.2) is 9.78 Å². The van der Waals surface area contributed by atoms with Crippen LogP contribution in [0.3, 0.4) is 0 Å². The maximum atomic E-state index is 13.0. The van der Waals surface area contributed by atoms with Gasteiger partial charge in [0.15, 0.2) is 0 Å². The third-order valence-electron chi connectivity index (χ3n) is 4.75. The molecule has 1 aliphatic rings. The van der Waals surface area contributed by atoms with Gasteiger partial charge in [-0.2, -0.15) is 0 Å². The van der Waals surface area contributed by atoms with E-state index in [0.29, 0.717) is 32.5 Å². The van der Waals surface area contributed by atoms with Gasteiger partial charge in [-0.15, -0.1) is 11.3 Å². The highest BCUT2D eigenvalue weighted by Gasteiger charge is 2.32. The molecule has 0 fully saturated rings. The van der Waals surface area contributed by atoms with Crippen molar-refractivity contribution in [2.75, 3.05) is 17.3 Å². The van der Waals surface area contributed by atoms with E-state index in [1.165, 1.54) is 11.3 Å². The van der Waals surface area contributed by atoms with Crippen molar-refractivity contribution in [3.05, 3.63) is 71.7 Å². The molecular formula is C22H16N4O3S. The summed E-state index contributed by atoms with van der Waals surface area (Å²) in [5, 5.41) is 6.22. The van der Waals surface area contributed by atoms with Gasteiger partial charge in [0, 0.05) is 13.2 Å². The largest absolute Gasteiger partial charge is 0.457 e. The zero-order valence-electron chi connectivity index (χ0n) is 15.9. The van der Waals surface area contributed by atoms with Gasteiger partial charge < -0.3 is 15.4 Å². The molecule has 7 nitrogen and oxygen atoms in total. The molecule has 8 heteroatoms. The second-order valence-corrected chi connectivity index (χ2v) is 7.57. The minimum atomic E-state index is -0.338. The van der Waals surface area contributed by atoms with Crippen molar-refractivity contribution >= 4 is 50.6 Å². The summed E-state index contributed by atoms with van der Waals surface area (Å²) in [4.78, 5) is 32.3. The first-order valence-corrected chi connectivity index (χ1v) is 10.0. The molecule has 30 heavy (non-hydrogen) atoms. The molecule has 0 spiro atoms. The number of anilines is 3. The van der Waals surface area contributed by atoms with E-state index in [1.54, 1.807) is 24.2 Å². The van der Waals surface area contributed by atoms with Gasteiger partial charge in [-0.05, 0) is 42.5 Å². The molecule has 0 saturated heterocycles. The summed E-state index contributed by atoms with van der Waals surface area (Å²) in [6.45, 7) is 0. The second kappa shape index (κ2) is 7.16. The predicted molar refractivity (Wildman–Crippen MR) is 117 cm³/mol. The van der Waals surface area contributed by atoms with E-state index in [0.717, 1.165) is 11.1 Å². The highest BCUT2D eigenvalue weighted by atomic mass is 32.1. The van der Waals surface area contributed by atoms with E-state index in [4.69, 9.17) is 4.74 Å². The molecule has 0 bridgehead atoms. The minimum absolute atomic E-state index is 0.255. The van der Waals surface area contributed by atoms with Gasteiger partial charge in [0.1, 0.15) is 21.2 Å². The average molecular weight is 416 g/mol. The number of ether oxygens (including phenoxy) is 1. The van der Waals surface area contributed by atoms with Crippen molar-refractivity contribution in [1.82, 2.24) is 10.3 Å². The molecule has 1 aliphatic heterocycles. The first kappa shape index (κ1) is 18.1. The first-order chi connectivity index (χ1) is 14.7. The molecule has 2 N–H and O–H groups in total. The smallest absolute Gasteiger partial charge is 0.331 e. The van der Waals surface area contributed by atoms with Crippen LogP contribution in [0, 0.1) is 0 Å². The number of carbonyl (C=O) groups is 2. The molecule has 0 aliphatic carbocycles. The third-order valence-corrected chi connectivity index (χ3v) is 5.85. The Labute approximate surface area is 175 Å². The van der Waals surface area contributed by atoms with Crippen molar-refractivity contribution in [1.29, 1.82) is 0 Å². The highest BCUT2D eigenvalue weighted by molar-refractivity contribution is 7.21. The van der Waals surface area contributed by atoms with E-state index in [2.05, 4.69) is 15.6 Å². The molecule has 5 rings (SSSR count). The van der Waals surface area contributed by atoms with Crippen LogP contribution in [0.4, 0.5) is 21.9 Å². The monoisotopic (exact) mass is 416 g/mol. The SMILES string of the molecule is CNC(=O)c1sc2nccc3c2c1NC(=O)N3c1ccc(Oc2ccccc2)cc1. The molecule has 0 radical (unpaired) electrons. The number of amides is 3. The molecular weight excluding hydrogens is 400 g/mol. The molecule has 2 aromatic carbocycles. The van der Waals surface area contributed by atoms with E-state index < -0.39 is 0 Å². The van der Waals surface area contributed by atoms with E-state index in [-0.39, 0.29) is 11.9 Å². The fourth-order valence-electron chi connectivity index (χ4n) is 3.40. The number of benzene rings is 2. The summed E-state index contributed by atoms with van der Waals surface area (Å²) in [6, 6.07) is 18.2. The number of nitrogens with zero attached hydrogens (tertiary/aromatic N) is 2. The van der Waals surface area contributed by atoms with Crippen LogP contribution in [0.5, 0.6) is 11.5 Å². The first-order valence-electron chi connectivity index (χ1n) is 9.23. The zero-order valence-corrected chi connectivity index (χ0v) is 16.7. The van der Waals surface area contributed by atoms with Crippen LogP contribution in [0.15, 0.2) is 66.9 Å². The number of rotatable bonds is 4. The van der Waals surface area contributed by atoms with Crippen LogP contribution in [-0.2, 0) is 0 Å². The number of nitrogens with one attached hydrogen (secondary N) is 2. The van der Waals surface area contributed by atoms with Crippen molar-refractivity contribution in [3.8, 4) is 11.5 Å². The molecule has 0 atom stereocenters.